The van der Waals surface area contributed by atoms with E-state index in [4.69, 9.17) is 0 Å². The SMILES string of the molecule is O=C(O)[C@H]1Cc2c([nH]c3ccccc23)C(c2ccc(F)cc2)N1Cc1cccc(-c2nn[nH]n2)c1. The minimum Gasteiger partial charge on any atom is -0.480 e. The highest BCUT2D eigenvalue weighted by atomic mass is 19.1. The Morgan fingerprint density at radius 1 is 1.09 bits per heavy atom. The van der Waals surface area contributed by atoms with Crippen molar-refractivity contribution in [1.29, 1.82) is 0 Å². The Morgan fingerprint density at radius 2 is 1.91 bits per heavy atom. The van der Waals surface area contributed by atoms with Gasteiger partial charge < -0.3 is 10.1 Å². The van der Waals surface area contributed by atoms with Crippen molar-refractivity contribution in [2.75, 3.05) is 0 Å². The molecule has 0 bridgehead atoms. The second-order valence-electron chi connectivity index (χ2n) is 8.68. The highest BCUT2D eigenvalue weighted by Gasteiger charge is 2.41. The zero-order valence-electron chi connectivity index (χ0n) is 18.5. The number of aromatic amines is 2. The van der Waals surface area contributed by atoms with Gasteiger partial charge >= 0.3 is 5.97 Å². The minimum atomic E-state index is -0.901. The lowest BCUT2D eigenvalue weighted by Crippen LogP contribution is -2.48. The maximum atomic E-state index is 13.8. The number of H-pyrrole nitrogens is 2. The van der Waals surface area contributed by atoms with Crippen molar-refractivity contribution in [1.82, 2.24) is 30.5 Å². The van der Waals surface area contributed by atoms with Gasteiger partial charge in [-0.2, -0.15) is 5.21 Å². The molecule has 3 heterocycles. The lowest BCUT2D eigenvalue weighted by Gasteiger charge is -2.40. The fourth-order valence-electron chi connectivity index (χ4n) is 5.07. The Hall–Kier alpha value is -4.37. The number of para-hydroxylation sites is 1. The largest absolute Gasteiger partial charge is 0.480 e. The number of carboxylic acids is 1. The number of fused-ring (bicyclic) bond motifs is 3. The summed E-state index contributed by atoms with van der Waals surface area (Å²) in [4.78, 5) is 18.1. The average molecular weight is 468 g/mol. The molecule has 3 aromatic carbocycles. The van der Waals surface area contributed by atoms with Gasteiger partial charge in [-0.1, -0.05) is 48.5 Å². The third kappa shape index (κ3) is 3.75. The lowest BCUT2D eigenvalue weighted by molar-refractivity contribution is -0.144. The predicted molar refractivity (Wildman–Crippen MR) is 127 cm³/mol. The van der Waals surface area contributed by atoms with Crippen LogP contribution in [0.15, 0.2) is 72.8 Å². The molecule has 0 radical (unpaired) electrons. The van der Waals surface area contributed by atoms with Gasteiger partial charge in [0.25, 0.3) is 0 Å². The van der Waals surface area contributed by atoms with Crippen LogP contribution >= 0.6 is 0 Å². The fraction of sp³-hybridized carbons (Fsp3) is 0.154. The summed E-state index contributed by atoms with van der Waals surface area (Å²) in [6.07, 6.45) is 0.358. The molecule has 2 atom stereocenters. The first kappa shape index (κ1) is 21.2. The Labute approximate surface area is 199 Å². The summed E-state index contributed by atoms with van der Waals surface area (Å²) in [5, 5.41) is 25.5. The molecule has 35 heavy (non-hydrogen) atoms. The van der Waals surface area contributed by atoms with E-state index in [-0.39, 0.29) is 5.82 Å². The van der Waals surface area contributed by atoms with Crippen molar-refractivity contribution in [3.63, 3.8) is 0 Å². The molecule has 0 amide bonds. The third-order valence-electron chi connectivity index (χ3n) is 6.62. The Balaban J connectivity index is 1.49. The topological polar surface area (TPSA) is 111 Å². The van der Waals surface area contributed by atoms with E-state index in [2.05, 4.69) is 25.6 Å². The molecule has 8 nitrogen and oxygen atoms in total. The van der Waals surface area contributed by atoms with E-state index in [9.17, 15) is 14.3 Å². The number of rotatable bonds is 5. The van der Waals surface area contributed by atoms with E-state index in [1.165, 1.54) is 12.1 Å². The summed E-state index contributed by atoms with van der Waals surface area (Å²) in [6, 6.07) is 20.7. The quantitative estimate of drug-likeness (QED) is 0.358. The number of aromatic nitrogens is 5. The number of nitrogens with zero attached hydrogens (tertiary/aromatic N) is 4. The van der Waals surface area contributed by atoms with Crippen molar-refractivity contribution in [3.05, 3.63) is 101 Å². The number of halogens is 1. The molecule has 0 spiro atoms. The van der Waals surface area contributed by atoms with Gasteiger partial charge in [0.1, 0.15) is 11.9 Å². The highest BCUT2D eigenvalue weighted by molar-refractivity contribution is 5.87. The summed E-state index contributed by atoms with van der Waals surface area (Å²) < 4.78 is 13.8. The van der Waals surface area contributed by atoms with E-state index in [1.54, 1.807) is 12.1 Å². The van der Waals surface area contributed by atoms with Crippen LogP contribution in [0.25, 0.3) is 22.3 Å². The maximum absolute atomic E-state index is 13.8. The normalized spacial score (nSPS) is 18.0. The minimum absolute atomic E-state index is 0.337. The van der Waals surface area contributed by atoms with Gasteiger partial charge in [0.15, 0.2) is 0 Å². The number of benzene rings is 3. The maximum Gasteiger partial charge on any atom is 0.321 e. The third-order valence-corrected chi connectivity index (χ3v) is 6.62. The van der Waals surface area contributed by atoms with E-state index in [0.717, 1.165) is 38.9 Å². The molecule has 0 fully saturated rings. The molecule has 1 aliphatic heterocycles. The first-order valence-corrected chi connectivity index (χ1v) is 11.2. The summed E-state index contributed by atoms with van der Waals surface area (Å²) in [6.45, 7) is 0.361. The molecular formula is C26H21FN6O2. The number of hydrogen-bond acceptors (Lipinski definition) is 5. The van der Waals surface area contributed by atoms with Crippen LogP contribution in [0.3, 0.4) is 0 Å². The molecule has 1 aliphatic rings. The average Bonchev–Trinajstić information content (AvgIpc) is 3.53. The zero-order chi connectivity index (χ0) is 23.9. The van der Waals surface area contributed by atoms with E-state index in [1.807, 2.05) is 53.4 Å². The molecular weight excluding hydrogens is 447 g/mol. The second-order valence-corrected chi connectivity index (χ2v) is 8.68. The summed E-state index contributed by atoms with van der Waals surface area (Å²) in [5.74, 6) is -0.772. The van der Waals surface area contributed by atoms with Gasteiger partial charge in [0.05, 0.1) is 6.04 Å². The monoisotopic (exact) mass is 468 g/mol. The zero-order valence-corrected chi connectivity index (χ0v) is 18.5. The number of carbonyl (C=O) groups is 1. The second kappa shape index (κ2) is 8.44. The Bertz CT molecular complexity index is 1510. The molecule has 174 valence electrons. The van der Waals surface area contributed by atoms with Gasteiger partial charge in [-0.05, 0) is 46.2 Å². The number of aliphatic carboxylic acids is 1. The van der Waals surface area contributed by atoms with Crippen LogP contribution in [0, 0.1) is 5.82 Å². The van der Waals surface area contributed by atoms with Crippen LogP contribution < -0.4 is 0 Å². The van der Waals surface area contributed by atoms with Crippen LogP contribution in [0.4, 0.5) is 4.39 Å². The van der Waals surface area contributed by atoms with E-state index in [0.29, 0.717) is 18.8 Å². The van der Waals surface area contributed by atoms with Gasteiger partial charge in [0.2, 0.25) is 5.82 Å². The number of carboxylic acid groups (broad SMARTS) is 1. The van der Waals surface area contributed by atoms with E-state index < -0.39 is 18.1 Å². The molecule has 0 aliphatic carbocycles. The first-order valence-electron chi connectivity index (χ1n) is 11.2. The molecule has 3 N–H and O–H groups in total. The fourth-order valence-corrected chi connectivity index (χ4v) is 5.07. The van der Waals surface area contributed by atoms with Crippen LogP contribution in [-0.2, 0) is 17.8 Å². The van der Waals surface area contributed by atoms with Crippen LogP contribution in [0.2, 0.25) is 0 Å². The molecule has 5 aromatic rings. The summed E-state index contributed by atoms with van der Waals surface area (Å²) in [5.41, 5.74) is 5.38. The summed E-state index contributed by atoms with van der Waals surface area (Å²) in [7, 11) is 0. The van der Waals surface area contributed by atoms with Crippen LogP contribution in [0.1, 0.15) is 28.4 Å². The smallest absolute Gasteiger partial charge is 0.321 e. The number of nitrogens with one attached hydrogen (secondary N) is 2. The molecule has 6 rings (SSSR count). The molecule has 2 aromatic heterocycles. The van der Waals surface area contributed by atoms with Crippen molar-refractivity contribution in [2.24, 2.45) is 0 Å². The van der Waals surface area contributed by atoms with Gasteiger partial charge in [0, 0.05) is 35.1 Å². The molecule has 9 heteroatoms. The van der Waals surface area contributed by atoms with Gasteiger partial charge in [-0.25, -0.2) is 4.39 Å². The summed E-state index contributed by atoms with van der Waals surface area (Å²) >= 11 is 0. The Morgan fingerprint density at radius 3 is 2.69 bits per heavy atom. The van der Waals surface area contributed by atoms with Crippen molar-refractivity contribution in [2.45, 2.75) is 25.0 Å². The van der Waals surface area contributed by atoms with Gasteiger partial charge in [-0.15, -0.1) is 10.2 Å². The van der Waals surface area contributed by atoms with E-state index >= 15 is 0 Å². The first-order chi connectivity index (χ1) is 17.1. The number of tetrazole rings is 1. The standard InChI is InChI=1S/C26H21FN6O2/c27-18-10-8-16(9-11-18)24-23-20(19-6-1-2-7-21(19)28-23)13-22(26(34)35)33(24)14-15-4-3-5-17(12-15)25-29-31-32-30-25/h1-12,22,24,28H,13-14H2,(H,34,35)(H,29,30,31,32)/t22-,24?/m1/s1. The Kier molecular flexibility index (Phi) is 5.11. The number of hydrogen-bond donors (Lipinski definition) is 3. The van der Waals surface area contributed by atoms with Crippen LogP contribution in [-0.4, -0.2) is 47.6 Å². The van der Waals surface area contributed by atoms with Crippen molar-refractivity contribution >= 4 is 16.9 Å². The predicted octanol–water partition coefficient (Wildman–Crippen LogP) is 4.09. The highest BCUT2D eigenvalue weighted by Crippen LogP contribution is 2.41. The molecule has 0 saturated carbocycles. The lowest BCUT2D eigenvalue weighted by atomic mass is 9.87. The molecule has 1 unspecified atom stereocenters. The van der Waals surface area contributed by atoms with Gasteiger partial charge in [-0.3, -0.25) is 9.69 Å². The van der Waals surface area contributed by atoms with Crippen LogP contribution in [0.5, 0.6) is 0 Å². The van der Waals surface area contributed by atoms with Crippen molar-refractivity contribution < 1.29 is 14.3 Å². The van der Waals surface area contributed by atoms with Crippen molar-refractivity contribution in [3.8, 4) is 11.4 Å². The molecule has 0 saturated heterocycles.